The number of carbonyl (C=O) groups is 2. The molecule has 0 heterocycles. The molecule has 0 fully saturated rings. The normalized spacial score (nSPS) is 10.1. The van der Waals surface area contributed by atoms with Crippen LogP contribution in [0.1, 0.15) is 28.4 Å². The third-order valence-corrected chi connectivity index (χ3v) is 3.67. The molecule has 0 spiro atoms. The molecule has 0 saturated carbocycles. The Labute approximate surface area is 142 Å². The molecule has 0 atom stereocenters. The van der Waals surface area contributed by atoms with Gasteiger partial charge in [0.2, 0.25) is 5.91 Å². The summed E-state index contributed by atoms with van der Waals surface area (Å²) < 4.78 is 5.31. The van der Waals surface area contributed by atoms with Crippen LogP contribution in [0.2, 0.25) is 0 Å². The lowest BCUT2D eigenvalue weighted by molar-refractivity contribution is -0.120. The third-order valence-electron chi connectivity index (χ3n) is 3.67. The van der Waals surface area contributed by atoms with Gasteiger partial charge in [-0.15, -0.1) is 0 Å². The molecule has 2 amide bonds. The monoisotopic (exact) mass is 326 g/mol. The van der Waals surface area contributed by atoms with Gasteiger partial charge in [0.05, 0.1) is 13.7 Å². The summed E-state index contributed by atoms with van der Waals surface area (Å²) in [7, 11) is 1.60. The van der Waals surface area contributed by atoms with E-state index in [1.807, 2.05) is 24.3 Å². The van der Waals surface area contributed by atoms with Gasteiger partial charge in [-0.3, -0.25) is 9.59 Å². The summed E-state index contributed by atoms with van der Waals surface area (Å²) >= 11 is 0. The van der Waals surface area contributed by atoms with Crippen LogP contribution in [0.25, 0.3) is 0 Å². The fraction of sp³-hybridized carbons (Fsp3) is 0.263. The van der Waals surface area contributed by atoms with Crippen LogP contribution in [0.15, 0.2) is 48.5 Å². The Morgan fingerprint density at radius 3 is 2.46 bits per heavy atom. The van der Waals surface area contributed by atoms with Gasteiger partial charge in [0, 0.05) is 17.7 Å². The Kier molecular flexibility index (Phi) is 6.37. The molecule has 0 bridgehead atoms. The highest BCUT2D eigenvalue weighted by molar-refractivity contribution is 5.96. The Morgan fingerprint density at radius 2 is 1.79 bits per heavy atom. The lowest BCUT2D eigenvalue weighted by atomic mass is 10.1. The zero-order chi connectivity index (χ0) is 17.4. The second-order valence-corrected chi connectivity index (χ2v) is 5.33. The first kappa shape index (κ1) is 17.5. The maximum Gasteiger partial charge on any atom is 0.251 e. The second-order valence-electron chi connectivity index (χ2n) is 5.33. The van der Waals surface area contributed by atoms with E-state index in [4.69, 9.17) is 4.74 Å². The van der Waals surface area contributed by atoms with Crippen molar-refractivity contribution in [1.29, 1.82) is 0 Å². The Hall–Kier alpha value is -2.82. The molecule has 0 saturated heterocycles. The number of nitrogens with one attached hydrogen (secondary N) is 2. The summed E-state index contributed by atoms with van der Waals surface area (Å²) in [5.74, 6) is 0.223. The van der Waals surface area contributed by atoms with Gasteiger partial charge in [-0.25, -0.2) is 0 Å². The van der Waals surface area contributed by atoms with Gasteiger partial charge >= 0.3 is 0 Å². The zero-order valence-corrected chi connectivity index (χ0v) is 14.0. The molecule has 0 radical (unpaired) electrons. The van der Waals surface area contributed by atoms with Crippen molar-refractivity contribution < 1.29 is 14.3 Å². The maximum atomic E-state index is 11.9. The van der Waals surface area contributed by atoms with Gasteiger partial charge < -0.3 is 15.4 Å². The number of hydrogen-bond donors (Lipinski definition) is 2. The van der Waals surface area contributed by atoms with Gasteiger partial charge in [-0.05, 0) is 30.2 Å². The van der Waals surface area contributed by atoms with Crippen molar-refractivity contribution in [3.05, 3.63) is 65.2 Å². The second kappa shape index (κ2) is 8.72. The van der Waals surface area contributed by atoms with Gasteiger partial charge in [0.1, 0.15) is 5.75 Å². The van der Waals surface area contributed by atoms with E-state index in [-0.39, 0.29) is 18.4 Å². The zero-order valence-electron chi connectivity index (χ0n) is 14.0. The number of methoxy groups -OCH3 is 1. The Balaban J connectivity index is 1.86. The third kappa shape index (κ3) is 4.84. The van der Waals surface area contributed by atoms with E-state index in [2.05, 4.69) is 17.6 Å². The number of rotatable bonds is 7. The molecular formula is C19H22N2O3. The van der Waals surface area contributed by atoms with Gasteiger partial charge in [-0.1, -0.05) is 37.3 Å². The van der Waals surface area contributed by atoms with Crippen molar-refractivity contribution in [2.75, 3.05) is 13.7 Å². The average Bonchev–Trinajstić information content (AvgIpc) is 2.64. The molecule has 0 unspecified atom stereocenters. The summed E-state index contributed by atoms with van der Waals surface area (Å²) in [5, 5.41) is 5.40. The first-order chi connectivity index (χ1) is 11.6. The molecule has 5 heteroatoms. The van der Waals surface area contributed by atoms with E-state index in [9.17, 15) is 9.59 Å². The van der Waals surface area contributed by atoms with E-state index in [0.29, 0.717) is 12.1 Å². The van der Waals surface area contributed by atoms with E-state index in [0.717, 1.165) is 17.7 Å². The Bertz CT molecular complexity index is 699. The first-order valence-corrected chi connectivity index (χ1v) is 7.89. The van der Waals surface area contributed by atoms with Crippen LogP contribution >= 0.6 is 0 Å². The van der Waals surface area contributed by atoms with Gasteiger partial charge in [-0.2, -0.15) is 0 Å². The number of carbonyl (C=O) groups excluding carboxylic acids is 2. The number of aryl methyl sites for hydroxylation is 1. The lowest BCUT2D eigenvalue weighted by Gasteiger charge is -2.12. The standard InChI is InChI=1S/C19H22N2O3/c1-3-14-9-10-17(24-2)16(11-14)12-20-18(22)13-21-19(23)15-7-5-4-6-8-15/h4-11H,3,12-13H2,1-2H3,(H,20,22)(H,21,23). The molecule has 2 aromatic carbocycles. The molecule has 2 aromatic rings. The van der Waals surface area contributed by atoms with Crippen LogP contribution in [-0.4, -0.2) is 25.5 Å². The van der Waals surface area contributed by atoms with Crippen molar-refractivity contribution in [2.24, 2.45) is 0 Å². The van der Waals surface area contributed by atoms with Gasteiger partial charge in [0.15, 0.2) is 0 Å². The van der Waals surface area contributed by atoms with Crippen molar-refractivity contribution in [2.45, 2.75) is 19.9 Å². The fourth-order valence-corrected chi connectivity index (χ4v) is 2.30. The number of ether oxygens (including phenoxy) is 1. The van der Waals surface area contributed by atoms with E-state index in [1.165, 1.54) is 5.56 Å². The molecule has 2 N–H and O–H groups in total. The summed E-state index contributed by atoms with van der Waals surface area (Å²) in [6, 6.07) is 14.7. The first-order valence-electron chi connectivity index (χ1n) is 7.89. The summed E-state index contributed by atoms with van der Waals surface area (Å²) in [5.41, 5.74) is 2.62. The molecule has 0 aromatic heterocycles. The molecule has 0 aliphatic heterocycles. The maximum absolute atomic E-state index is 11.9. The highest BCUT2D eigenvalue weighted by atomic mass is 16.5. The van der Waals surface area contributed by atoms with Gasteiger partial charge in [0.25, 0.3) is 5.91 Å². The molecule has 0 aliphatic rings. The highest BCUT2D eigenvalue weighted by Crippen LogP contribution is 2.20. The molecule has 126 valence electrons. The quantitative estimate of drug-likeness (QED) is 0.820. The molecular weight excluding hydrogens is 304 g/mol. The Morgan fingerprint density at radius 1 is 1.04 bits per heavy atom. The van der Waals surface area contributed by atoms with Crippen molar-refractivity contribution in [3.63, 3.8) is 0 Å². The minimum atomic E-state index is -0.267. The average molecular weight is 326 g/mol. The van der Waals surface area contributed by atoms with Crippen LogP contribution in [0, 0.1) is 0 Å². The smallest absolute Gasteiger partial charge is 0.251 e. The number of benzene rings is 2. The predicted octanol–water partition coefficient (Wildman–Crippen LogP) is 2.30. The van der Waals surface area contributed by atoms with Crippen LogP contribution in [0.4, 0.5) is 0 Å². The largest absolute Gasteiger partial charge is 0.496 e. The van der Waals surface area contributed by atoms with E-state index >= 15 is 0 Å². The summed E-state index contributed by atoms with van der Waals surface area (Å²) in [6.07, 6.45) is 0.915. The van der Waals surface area contributed by atoms with Crippen molar-refractivity contribution in [3.8, 4) is 5.75 Å². The topological polar surface area (TPSA) is 67.4 Å². The molecule has 5 nitrogen and oxygen atoms in total. The fourth-order valence-electron chi connectivity index (χ4n) is 2.30. The highest BCUT2D eigenvalue weighted by Gasteiger charge is 2.09. The summed E-state index contributed by atoms with van der Waals surface area (Å²) in [6.45, 7) is 2.36. The van der Waals surface area contributed by atoms with Crippen LogP contribution < -0.4 is 15.4 Å². The predicted molar refractivity (Wildman–Crippen MR) is 93.0 cm³/mol. The lowest BCUT2D eigenvalue weighted by Crippen LogP contribution is -2.36. The minimum absolute atomic E-state index is 0.0660. The minimum Gasteiger partial charge on any atom is -0.496 e. The molecule has 2 rings (SSSR count). The number of hydrogen-bond acceptors (Lipinski definition) is 3. The SMILES string of the molecule is CCc1ccc(OC)c(CNC(=O)CNC(=O)c2ccccc2)c1. The van der Waals surface area contributed by atoms with Crippen molar-refractivity contribution in [1.82, 2.24) is 10.6 Å². The van der Waals surface area contributed by atoms with Crippen molar-refractivity contribution >= 4 is 11.8 Å². The molecule has 0 aliphatic carbocycles. The van der Waals surface area contributed by atoms with E-state index in [1.54, 1.807) is 31.4 Å². The number of amides is 2. The molecule has 24 heavy (non-hydrogen) atoms. The van der Waals surface area contributed by atoms with Crippen LogP contribution in [-0.2, 0) is 17.8 Å². The van der Waals surface area contributed by atoms with E-state index < -0.39 is 0 Å². The summed E-state index contributed by atoms with van der Waals surface area (Å²) in [4.78, 5) is 23.8. The van der Waals surface area contributed by atoms with Crippen LogP contribution in [0.3, 0.4) is 0 Å². The van der Waals surface area contributed by atoms with Crippen LogP contribution in [0.5, 0.6) is 5.75 Å².